The first-order valence-corrected chi connectivity index (χ1v) is 5.59. The lowest BCUT2D eigenvalue weighted by Gasteiger charge is -2.28. The van der Waals surface area contributed by atoms with Gasteiger partial charge >= 0.3 is 5.97 Å². The third-order valence-corrected chi connectivity index (χ3v) is 2.63. The molecule has 0 spiro atoms. The van der Waals surface area contributed by atoms with E-state index in [0.29, 0.717) is 0 Å². The van der Waals surface area contributed by atoms with Crippen LogP contribution in [0.3, 0.4) is 0 Å². The molecule has 0 aliphatic carbocycles. The van der Waals surface area contributed by atoms with Crippen molar-refractivity contribution in [1.29, 1.82) is 0 Å². The third kappa shape index (κ3) is 6.01. The fourth-order valence-electron chi connectivity index (χ4n) is 1.53. The normalized spacial score (nSPS) is 15.3. The van der Waals surface area contributed by atoms with Crippen LogP contribution in [0.25, 0.3) is 0 Å². The van der Waals surface area contributed by atoms with E-state index in [4.69, 9.17) is 4.74 Å². The van der Waals surface area contributed by atoms with Crippen molar-refractivity contribution >= 4 is 5.97 Å². The second kappa shape index (κ2) is 6.05. The summed E-state index contributed by atoms with van der Waals surface area (Å²) in [6, 6.07) is 0. The summed E-state index contributed by atoms with van der Waals surface area (Å²) in [5.41, 5.74) is -0.249. The van der Waals surface area contributed by atoms with Crippen LogP contribution in [0.15, 0.2) is 0 Å². The maximum atomic E-state index is 10.9. The van der Waals surface area contributed by atoms with Crippen LogP contribution in [0.4, 0.5) is 0 Å². The largest absolute Gasteiger partial charge is 0.460 e. The molecule has 0 aliphatic heterocycles. The molecule has 0 heterocycles. The summed E-state index contributed by atoms with van der Waals surface area (Å²) in [5, 5.41) is 0. The van der Waals surface area contributed by atoms with Gasteiger partial charge in [-0.1, -0.05) is 27.2 Å². The van der Waals surface area contributed by atoms with E-state index in [9.17, 15) is 4.79 Å². The molecule has 0 aliphatic rings. The van der Waals surface area contributed by atoms with Crippen molar-refractivity contribution < 1.29 is 9.53 Å². The van der Waals surface area contributed by atoms with Crippen LogP contribution in [-0.2, 0) is 9.53 Å². The van der Waals surface area contributed by atoms with Gasteiger partial charge in [0.1, 0.15) is 5.60 Å². The van der Waals surface area contributed by atoms with Crippen molar-refractivity contribution in [2.24, 2.45) is 5.92 Å². The molecule has 14 heavy (non-hydrogen) atoms. The monoisotopic (exact) mass is 200 g/mol. The number of ether oxygens (including phenoxy) is 1. The fourth-order valence-corrected chi connectivity index (χ4v) is 1.53. The van der Waals surface area contributed by atoms with Crippen LogP contribution in [0.5, 0.6) is 0 Å². The molecule has 0 fully saturated rings. The van der Waals surface area contributed by atoms with Crippen molar-refractivity contribution in [3.63, 3.8) is 0 Å². The van der Waals surface area contributed by atoms with E-state index in [1.807, 2.05) is 6.92 Å². The molecule has 2 nitrogen and oxygen atoms in total. The van der Waals surface area contributed by atoms with E-state index >= 15 is 0 Å². The Balaban J connectivity index is 3.92. The molecule has 0 aromatic heterocycles. The summed E-state index contributed by atoms with van der Waals surface area (Å²) < 4.78 is 5.33. The predicted octanol–water partition coefficient (Wildman–Crippen LogP) is 3.54. The number of rotatable bonds is 6. The summed E-state index contributed by atoms with van der Waals surface area (Å²) in [4.78, 5) is 10.9. The molecular weight excluding hydrogens is 176 g/mol. The Kier molecular flexibility index (Phi) is 5.82. The van der Waals surface area contributed by atoms with Crippen LogP contribution >= 0.6 is 0 Å². The molecule has 1 atom stereocenters. The van der Waals surface area contributed by atoms with E-state index in [1.165, 1.54) is 13.3 Å². The van der Waals surface area contributed by atoms with Crippen molar-refractivity contribution in [1.82, 2.24) is 0 Å². The Morgan fingerprint density at radius 2 is 2.00 bits per heavy atom. The van der Waals surface area contributed by atoms with Crippen molar-refractivity contribution in [3.05, 3.63) is 0 Å². The van der Waals surface area contributed by atoms with Gasteiger partial charge in [0.15, 0.2) is 0 Å². The molecule has 0 aromatic rings. The molecule has 0 rings (SSSR count). The van der Waals surface area contributed by atoms with E-state index < -0.39 is 0 Å². The standard InChI is InChI=1S/C12H24O2/c1-6-12(5,14-11(4)13)9-7-8-10(2)3/h10H,6-9H2,1-5H3/t12-/m0/s1. The average Bonchev–Trinajstić information content (AvgIpc) is 2.02. The highest BCUT2D eigenvalue weighted by Gasteiger charge is 2.24. The Labute approximate surface area is 88.0 Å². The average molecular weight is 200 g/mol. The topological polar surface area (TPSA) is 26.3 Å². The SMILES string of the molecule is CC[C@@](C)(CCCC(C)C)OC(C)=O. The van der Waals surface area contributed by atoms with Crippen molar-refractivity contribution in [3.8, 4) is 0 Å². The number of esters is 1. The first-order chi connectivity index (χ1) is 6.39. The summed E-state index contributed by atoms with van der Waals surface area (Å²) in [5.74, 6) is 0.562. The molecule has 2 heteroatoms. The molecule has 0 unspecified atom stereocenters. The van der Waals surface area contributed by atoms with Crippen LogP contribution in [0.1, 0.15) is 60.3 Å². The third-order valence-electron chi connectivity index (χ3n) is 2.63. The number of hydrogen-bond acceptors (Lipinski definition) is 2. The lowest BCUT2D eigenvalue weighted by atomic mass is 9.93. The van der Waals surface area contributed by atoms with Gasteiger partial charge in [0, 0.05) is 6.92 Å². The Morgan fingerprint density at radius 1 is 1.43 bits per heavy atom. The van der Waals surface area contributed by atoms with Gasteiger partial charge < -0.3 is 4.74 Å². The smallest absolute Gasteiger partial charge is 0.303 e. The lowest BCUT2D eigenvalue weighted by molar-refractivity contribution is -0.156. The Hall–Kier alpha value is -0.530. The second-order valence-electron chi connectivity index (χ2n) is 4.68. The summed E-state index contributed by atoms with van der Waals surface area (Å²) >= 11 is 0. The van der Waals surface area contributed by atoms with Crippen LogP contribution in [0.2, 0.25) is 0 Å². The summed E-state index contributed by atoms with van der Waals surface area (Å²) in [7, 11) is 0. The Morgan fingerprint density at radius 3 is 2.36 bits per heavy atom. The summed E-state index contributed by atoms with van der Waals surface area (Å²) in [6.45, 7) is 10.0. The van der Waals surface area contributed by atoms with Gasteiger partial charge in [-0.05, 0) is 32.1 Å². The number of carbonyl (C=O) groups is 1. The molecule has 0 aromatic carbocycles. The van der Waals surface area contributed by atoms with Gasteiger partial charge in [0.2, 0.25) is 0 Å². The molecule has 84 valence electrons. The van der Waals surface area contributed by atoms with Crippen LogP contribution in [-0.4, -0.2) is 11.6 Å². The van der Waals surface area contributed by atoms with Gasteiger partial charge in [-0.2, -0.15) is 0 Å². The van der Waals surface area contributed by atoms with Gasteiger partial charge in [0.25, 0.3) is 0 Å². The van der Waals surface area contributed by atoms with Crippen molar-refractivity contribution in [2.45, 2.75) is 65.9 Å². The molecule has 0 bridgehead atoms. The molecule has 0 amide bonds. The highest BCUT2D eigenvalue weighted by Crippen LogP contribution is 2.24. The van der Waals surface area contributed by atoms with Gasteiger partial charge in [-0.15, -0.1) is 0 Å². The van der Waals surface area contributed by atoms with E-state index in [-0.39, 0.29) is 11.6 Å². The highest BCUT2D eigenvalue weighted by atomic mass is 16.6. The van der Waals surface area contributed by atoms with Crippen LogP contribution < -0.4 is 0 Å². The molecule has 0 radical (unpaired) electrons. The highest BCUT2D eigenvalue weighted by molar-refractivity contribution is 5.66. The molecular formula is C12H24O2. The number of carbonyl (C=O) groups excluding carboxylic acids is 1. The van der Waals surface area contributed by atoms with Crippen LogP contribution in [0, 0.1) is 5.92 Å². The molecule has 0 N–H and O–H groups in total. The summed E-state index contributed by atoms with van der Waals surface area (Å²) in [6.07, 6.45) is 4.21. The lowest BCUT2D eigenvalue weighted by Crippen LogP contribution is -2.30. The van der Waals surface area contributed by atoms with Gasteiger partial charge in [-0.3, -0.25) is 4.79 Å². The quantitative estimate of drug-likeness (QED) is 0.613. The van der Waals surface area contributed by atoms with E-state index in [2.05, 4.69) is 20.8 Å². The zero-order valence-electron chi connectivity index (χ0n) is 10.2. The van der Waals surface area contributed by atoms with E-state index in [0.717, 1.165) is 25.2 Å². The minimum Gasteiger partial charge on any atom is -0.460 e. The fraction of sp³-hybridized carbons (Fsp3) is 0.917. The zero-order valence-corrected chi connectivity index (χ0v) is 10.2. The minimum atomic E-state index is -0.249. The minimum absolute atomic E-state index is 0.168. The zero-order chi connectivity index (χ0) is 11.2. The molecule has 0 saturated carbocycles. The van der Waals surface area contributed by atoms with Gasteiger partial charge in [0.05, 0.1) is 0 Å². The van der Waals surface area contributed by atoms with Gasteiger partial charge in [-0.25, -0.2) is 0 Å². The maximum absolute atomic E-state index is 10.9. The molecule has 0 saturated heterocycles. The Bertz CT molecular complexity index is 175. The van der Waals surface area contributed by atoms with E-state index in [1.54, 1.807) is 0 Å². The second-order valence-corrected chi connectivity index (χ2v) is 4.68. The predicted molar refractivity (Wildman–Crippen MR) is 59.2 cm³/mol. The first-order valence-electron chi connectivity index (χ1n) is 5.59. The first kappa shape index (κ1) is 13.5. The van der Waals surface area contributed by atoms with Crippen molar-refractivity contribution in [2.75, 3.05) is 0 Å². The number of hydrogen-bond donors (Lipinski definition) is 0. The maximum Gasteiger partial charge on any atom is 0.303 e.